The smallest absolute Gasteiger partial charge is 0.406 e. The highest BCUT2D eigenvalue weighted by molar-refractivity contribution is 5.82. The average molecular weight is 241 g/mol. The largest absolute Gasteiger partial charge is 0.480 e. The number of carbonyl (C=O) groups excluding carboxylic acids is 1. The van der Waals surface area contributed by atoms with Gasteiger partial charge in [0.2, 0.25) is 5.91 Å². The zero-order valence-electron chi connectivity index (χ0n) is 9.04. The third-order valence-corrected chi connectivity index (χ3v) is 2.04. The van der Waals surface area contributed by atoms with Crippen molar-refractivity contribution in [3.63, 3.8) is 0 Å². The van der Waals surface area contributed by atoms with Crippen LogP contribution in [0, 0.1) is 5.92 Å². The molecular formula is C9H14F3NO3. The number of halogens is 3. The summed E-state index contributed by atoms with van der Waals surface area (Å²) in [5.41, 5.74) is 0. The number of amides is 1. The Hall–Kier alpha value is -1.27. The summed E-state index contributed by atoms with van der Waals surface area (Å²) in [7, 11) is 0. The van der Waals surface area contributed by atoms with Gasteiger partial charge in [0.15, 0.2) is 0 Å². The van der Waals surface area contributed by atoms with Crippen molar-refractivity contribution in [3.8, 4) is 0 Å². The lowest BCUT2D eigenvalue weighted by Gasteiger charge is -2.24. The molecule has 0 rings (SSSR count). The fourth-order valence-electron chi connectivity index (χ4n) is 1.08. The number of hydrogen-bond donors (Lipinski definition) is 1. The Labute approximate surface area is 91.0 Å². The van der Waals surface area contributed by atoms with Crippen LogP contribution in [0.2, 0.25) is 0 Å². The zero-order chi connectivity index (χ0) is 12.9. The second-order valence-corrected chi connectivity index (χ2v) is 3.51. The second-order valence-electron chi connectivity index (χ2n) is 3.51. The minimum absolute atomic E-state index is 0.316. The molecule has 0 saturated carbocycles. The summed E-state index contributed by atoms with van der Waals surface area (Å²) >= 11 is 0. The molecule has 1 amide bonds. The first-order chi connectivity index (χ1) is 7.17. The van der Waals surface area contributed by atoms with Gasteiger partial charge >= 0.3 is 12.1 Å². The molecule has 0 aliphatic carbocycles. The SMILES string of the molecule is CCC(C)C(=O)N(CC(=O)O)CC(F)(F)F. The van der Waals surface area contributed by atoms with Gasteiger partial charge in [-0.15, -0.1) is 0 Å². The van der Waals surface area contributed by atoms with Crippen molar-refractivity contribution in [2.75, 3.05) is 13.1 Å². The van der Waals surface area contributed by atoms with Crippen molar-refractivity contribution in [2.24, 2.45) is 5.92 Å². The van der Waals surface area contributed by atoms with Gasteiger partial charge in [0.1, 0.15) is 13.1 Å². The van der Waals surface area contributed by atoms with E-state index in [0.29, 0.717) is 11.3 Å². The number of carboxylic acids is 1. The molecule has 0 heterocycles. The Morgan fingerprint density at radius 1 is 1.38 bits per heavy atom. The van der Waals surface area contributed by atoms with Gasteiger partial charge in [0.25, 0.3) is 0 Å². The third kappa shape index (κ3) is 5.57. The predicted molar refractivity (Wildman–Crippen MR) is 49.7 cm³/mol. The first-order valence-electron chi connectivity index (χ1n) is 4.74. The van der Waals surface area contributed by atoms with Gasteiger partial charge in [0, 0.05) is 5.92 Å². The van der Waals surface area contributed by atoms with E-state index in [-0.39, 0.29) is 0 Å². The first kappa shape index (κ1) is 14.7. The molecule has 94 valence electrons. The van der Waals surface area contributed by atoms with Crippen LogP contribution >= 0.6 is 0 Å². The van der Waals surface area contributed by atoms with Gasteiger partial charge in [0.05, 0.1) is 0 Å². The van der Waals surface area contributed by atoms with Crippen LogP contribution < -0.4 is 0 Å². The fourth-order valence-corrected chi connectivity index (χ4v) is 1.08. The summed E-state index contributed by atoms with van der Waals surface area (Å²) in [5.74, 6) is -2.86. The van der Waals surface area contributed by atoms with Crippen molar-refractivity contribution in [1.82, 2.24) is 4.90 Å². The van der Waals surface area contributed by atoms with E-state index in [2.05, 4.69) is 0 Å². The maximum Gasteiger partial charge on any atom is 0.406 e. The molecule has 0 spiro atoms. The zero-order valence-corrected chi connectivity index (χ0v) is 9.04. The summed E-state index contributed by atoms with van der Waals surface area (Å²) < 4.78 is 36.3. The number of hydrogen-bond acceptors (Lipinski definition) is 2. The van der Waals surface area contributed by atoms with Crippen LogP contribution in [0.3, 0.4) is 0 Å². The van der Waals surface area contributed by atoms with Gasteiger partial charge < -0.3 is 10.0 Å². The molecule has 0 aromatic carbocycles. The molecule has 1 unspecified atom stereocenters. The van der Waals surface area contributed by atoms with E-state index < -0.39 is 37.1 Å². The van der Waals surface area contributed by atoms with E-state index in [1.54, 1.807) is 6.92 Å². The third-order valence-electron chi connectivity index (χ3n) is 2.04. The van der Waals surface area contributed by atoms with Gasteiger partial charge in [-0.1, -0.05) is 13.8 Å². The van der Waals surface area contributed by atoms with E-state index in [1.807, 2.05) is 0 Å². The van der Waals surface area contributed by atoms with Gasteiger partial charge in [-0.3, -0.25) is 9.59 Å². The summed E-state index contributed by atoms with van der Waals surface area (Å²) in [6.45, 7) is 0.661. The lowest BCUT2D eigenvalue weighted by atomic mass is 10.1. The molecule has 0 bridgehead atoms. The van der Waals surface area contributed by atoms with Crippen molar-refractivity contribution in [3.05, 3.63) is 0 Å². The number of rotatable bonds is 5. The molecule has 7 heteroatoms. The summed E-state index contributed by atoms with van der Waals surface area (Å²) in [6.07, 6.45) is -4.22. The summed E-state index contributed by atoms with van der Waals surface area (Å²) in [6, 6.07) is 0. The Bertz CT molecular complexity index is 265. The topological polar surface area (TPSA) is 57.6 Å². The van der Waals surface area contributed by atoms with Crippen LogP contribution in [0.4, 0.5) is 13.2 Å². The molecule has 0 saturated heterocycles. The summed E-state index contributed by atoms with van der Waals surface area (Å²) in [5, 5.41) is 8.42. The van der Waals surface area contributed by atoms with E-state index in [9.17, 15) is 22.8 Å². The Balaban J connectivity index is 4.66. The highest BCUT2D eigenvalue weighted by Crippen LogP contribution is 2.18. The minimum Gasteiger partial charge on any atom is -0.480 e. The molecule has 0 aromatic rings. The van der Waals surface area contributed by atoms with Crippen LogP contribution in [0.15, 0.2) is 0 Å². The maximum absolute atomic E-state index is 12.1. The Kier molecular flexibility index (Phi) is 5.26. The molecular weight excluding hydrogens is 227 g/mol. The molecule has 0 radical (unpaired) electrons. The second kappa shape index (κ2) is 5.72. The molecule has 0 aliphatic rings. The van der Waals surface area contributed by atoms with Crippen LogP contribution in [0.5, 0.6) is 0 Å². The van der Waals surface area contributed by atoms with E-state index in [0.717, 1.165) is 0 Å². The number of carbonyl (C=O) groups is 2. The van der Waals surface area contributed by atoms with Crippen molar-refractivity contribution in [1.29, 1.82) is 0 Å². The molecule has 1 atom stereocenters. The van der Waals surface area contributed by atoms with Crippen LogP contribution in [-0.4, -0.2) is 41.1 Å². The highest BCUT2D eigenvalue weighted by atomic mass is 19.4. The summed E-state index contributed by atoms with van der Waals surface area (Å²) in [4.78, 5) is 22.1. The quantitative estimate of drug-likeness (QED) is 0.793. The number of aliphatic carboxylic acids is 1. The maximum atomic E-state index is 12.1. The molecule has 1 N–H and O–H groups in total. The molecule has 0 aromatic heterocycles. The predicted octanol–water partition coefficient (Wildman–Crippen LogP) is 1.51. The monoisotopic (exact) mass is 241 g/mol. The van der Waals surface area contributed by atoms with Crippen LogP contribution in [0.25, 0.3) is 0 Å². The molecule has 0 aliphatic heterocycles. The van der Waals surface area contributed by atoms with Crippen LogP contribution in [0.1, 0.15) is 20.3 Å². The lowest BCUT2D eigenvalue weighted by Crippen LogP contribution is -2.44. The van der Waals surface area contributed by atoms with E-state index in [4.69, 9.17) is 5.11 Å². The fraction of sp³-hybridized carbons (Fsp3) is 0.778. The van der Waals surface area contributed by atoms with E-state index in [1.165, 1.54) is 6.92 Å². The number of nitrogens with zero attached hydrogens (tertiary/aromatic N) is 1. The molecule has 4 nitrogen and oxygen atoms in total. The standard InChI is InChI=1S/C9H14F3NO3/c1-3-6(2)8(16)13(4-7(14)15)5-9(10,11)12/h6H,3-5H2,1-2H3,(H,14,15). The van der Waals surface area contributed by atoms with E-state index >= 15 is 0 Å². The Morgan fingerprint density at radius 2 is 1.88 bits per heavy atom. The average Bonchev–Trinajstić information content (AvgIpc) is 2.11. The van der Waals surface area contributed by atoms with Gasteiger partial charge in [-0.05, 0) is 6.42 Å². The normalized spacial score (nSPS) is 13.3. The van der Waals surface area contributed by atoms with Crippen LogP contribution in [-0.2, 0) is 9.59 Å². The van der Waals surface area contributed by atoms with Gasteiger partial charge in [-0.2, -0.15) is 13.2 Å². The van der Waals surface area contributed by atoms with Crippen molar-refractivity contribution >= 4 is 11.9 Å². The van der Waals surface area contributed by atoms with Gasteiger partial charge in [-0.25, -0.2) is 0 Å². The number of carboxylic acid groups (broad SMARTS) is 1. The van der Waals surface area contributed by atoms with Crippen molar-refractivity contribution < 1.29 is 27.9 Å². The van der Waals surface area contributed by atoms with Crippen molar-refractivity contribution in [2.45, 2.75) is 26.4 Å². The molecule has 0 fully saturated rings. The lowest BCUT2D eigenvalue weighted by molar-refractivity contribution is -0.167. The number of alkyl halides is 3. The Morgan fingerprint density at radius 3 is 2.19 bits per heavy atom. The highest BCUT2D eigenvalue weighted by Gasteiger charge is 2.34. The minimum atomic E-state index is -4.58. The molecule has 16 heavy (non-hydrogen) atoms. The first-order valence-corrected chi connectivity index (χ1v) is 4.74.